The van der Waals surface area contributed by atoms with Gasteiger partial charge in [-0.3, -0.25) is 4.79 Å². The number of unbranched alkanes of at least 4 members (excludes halogenated alkanes) is 25. The van der Waals surface area contributed by atoms with Crippen molar-refractivity contribution >= 4 is 5.91 Å². The predicted octanol–water partition coefficient (Wildman–Crippen LogP) is 6.94. The summed E-state index contributed by atoms with van der Waals surface area (Å²) in [6, 6.07) is -0.925. The SMILES string of the molecule is CCCCCCCCC/C=C/CC/C=C/C(O)C(COC1OC(CO)C(OC2OC(CO)C(O)C(O)C2O)C(O)C1O)NC(=O)CCCCCCCCCCCCCCCCCCCC. The largest absolute Gasteiger partial charge is 0.394 e. The van der Waals surface area contributed by atoms with Crippen LogP contribution in [0.25, 0.3) is 0 Å². The van der Waals surface area contributed by atoms with Crippen molar-refractivity contribution in [2.45, 2.75) is 274 Å². The first-order chi connectivity index (χ1) is 31.6. The molecule has 14 heteroatoms. The first-order valence-electron chi connectivity index (χ1n) is 26.1. The van der Waals surface area contributed by atoms with Gasteiger partial charge in [0, 0.05) is 6.42 Å². The summed E-state index contributed by atoms with van der Waals surface area (Å²) >= 11 is 0. The van der Waals surface area contributed by atoms with Crippen molar-refractivity contribution in [2.24, 2.45) is 0 Å². The number of allylic oxidation sites excluding steroid dienone is 3. The molecule has 2 heterocycles. The van der Waals surface area contributed by atoms with Gasteiger partial charge in [-0.1, -0.05) is 186 Å². The summed E-state index contributed by atoms with van der Waals surface area (Å²) in [6.07, 6.45) is 25.1. The third-order valence-corrected chi connectivity index (χ3v) is 12.9. The fourth-order valence-electron chi connectivity index (χ4n) is 8.60. The van der Waals surface area contributed by atoms with Crippen molar-refractivity contribution in [2.75, 3.05) is 19.8 Å². The first kappa shape index (κ1) is 59.6. The number of nitrogens with one attached hydrogen (secondary N) is 1. The Morgan fingerprint density at radius 1 is 0.538 bits per heavy atom. The maximum absolute atomic E-state index is 13.2. The number of rotatable bonds is 40. The van der Waals surface area contributed by atoms with Crippen molar-refractivity contribution in [1.29, 1.82) is 0 Å². The van der Waals surface area contributed by atoms with E-state index in [1.54, 1.807) is 6.08 Å². The smallest absolute Gasteiger partial charge is 0.220 e. The molecule has 382 valence electrons. The molecule has 12 unspecified atom stereocenters. The molecule has 0 aromatic heterocycles. The minimum Gasteiger partial charge on any atom is -0.394 e. The number of carbonyl (C=O) groups is 1. The van der Waals surface area contributed by atoms with Gasteiger partial charge in [0.05, 0.1) is 32.0 Å². The van der Waals surface area contributed by atoms with Crippen molar-refractivity contribution in [1.82, 2.24) is 5.32 Å². The van der Waals surface area contributed by atoms with Crippen LogP contribution in [0.1, 0.15) is 200 Å². The van der Waals surface area contributed by atoms with Crippen LogP contribution in [-0.2, 0) is 23.7 Å². The maximum Gasteiger partial charge on any atom is 0.220 e. The lowest BCUT2D eigenvalue weighted by Gasteiger charge is -2.46. The van der Waals surface area contributed by atoms with Crippen molar-refractivity contribution in [3.8, 4) is 0 Å². The number of hydrogen-bond donors (Lipinski definition) is 9. The molecular formula is C51H95NO13. The highest BCUT2D eigenvalue weighted by atomic mass is 16.7. The molecule has 0 spiro atoms. The van der Waals surface area contributed by atoms with Gasteiger partial charge >= 0.3 is 0 Å². The van der Waals surface area contributed by atoms with Gasteiger partial charge in [0.15, 0.2) is 12.6 Å². The van der Waals surface area contributed by atoms with E-state index in [-0.39, 0.29) is 18.9 Å². The third-order valence-electron chi connectivity index (χ3n) is 12.9. The van der Waals surface area contributed by atoms with E-state index in [0.717, 1.165) is 32.1 Å². The lowest BCUT2D eigenvalue weighted by molar-refractivity contribution is -0.359. The van der Waals surface area contributed by atoms with E-state index in [4.69, 9.17) is 18.9 Å². The van der Waals surface area contributed by atoms with E-state index in [1.807, 2.05) is 6.08 Å². The maximum atomic E-state index is 13.2. The zero-order chi connectivity index (χ0) is 47.5. The monoisotopic (exact) mass is 930 g/mol. The molecule has 12 atom stereocenters. The Hall–Kier alpha value is -1.53. The lowest BCUT2D eigenvalue weighted by Crippen LogP contribution is -2.65. The van der Waals surface area contributed by atoms with E-state index in [2.05, 4.69) is 31.3 Å². The number of hydrogen-bond acceptors (Lipinski definition) is 13. The molecule has 1 amide bonds. The Labute approximate surface area is 392 Å². The van der Waals surface area contributed by atoms with E-state index in [1.165, 1.54) is 135 Å². The lowest BCUT2D eigenvalue weighted by atomic mass is 9.97. The van der Waals surface area contributed by atoms with Gasteiger partial charge in [0.2, 0.25) is 5.91 Å². The van der Waals surface area contributed by atoms with E-state index < -0.39 is 86.8 Å². The molecule has 0 saturated carbocycles. The van der Waals surface area contributed by atoms with Crippen LogP contribution in [0.5, 0.6) is 0 Å². The Bertz CT molecular complexity index is 1190. The summed E-state index contributed by atoms with van der Waals surface area (Å²) in [6.45, 7) is 2.76. The zero-order valence-corrected chi connectivity index (χ0v) is 40.5. The molecule has 0 bridgehead atoms. The molecule has 2 aliphatic rings. The number of carbonyl (C=O) groups excluding carboxylic acids is 1. The Morgan fingerprint density at radius 2 is 0.985 bits per heavy atom. The Morgan fingerprint density at radius 3 is 1.51 bits per heavy atom. The van der Waals surface area contributed by atoms with Crippen LogP contribution < -0.4 is 5.32 Å². The second kappa shape index (κ2) is 38.3. The molecule has 14 nitrogen and oxygen atoms in total. The van der Waals surface area contributed by atoms with Crippen molar-refractivity contribution in [3.05, 3.63) is 24.3 Å². The summed E-state index contributed by atoms with van der Waals surface area (Å²) in [4.78, 5) is 13.2. The molecule has 0 aromatic carbocycles. The summed E-state index contributed by atoms with van der Waals surface area (Å²) in [5, 5.41) is 86.7. The van der Waals surface area contributed by atoms with Gasteiger partial charge in [-0.25, -0.2) is 0 Å². The Balaban J connectivity index is 1.83. The van der Waals surface area contributed by atoms with E-state index in [0.29, 0.717) is 12.8 Å². The minimum absolute atomic E-state index is 0.248. The third kappa shape index (κ3) is 25.6. The van der Waals surface area contributed by atoms with Gasteiger partial charge in [-0.05, 0) is 32.1 Å². The average Bonchev–Trinajstić information content (AvgIpc) is 3.30. The molecule has 0 aliphatic carbocycles. The zero-order valence-electron chi connectivity index (χ0n) is 40.5. The minimum atomic E-state index is -1.79. The molecular weight excluding hydrogens is 835 g/mol. The van der Waals surface area contributed by atoms with Gasteiger partial charge in [-0.2, -0.15) is 0 Å². The number of ether oxygens (including phenoxy) is 4. The van der Waals surface area contributed by atoms with Crippen LogP contribution in [0.4, 0.5) is 0 Å². The summed E-state index contributed by atoms with van der Waals surface area (Å²) in [5.41, 5.74) is 0. The van der Waals surface area contributed by atoms with E-state index in [9.17, 15) is 45.6 Å². The van der Waals surface area contributed by atoms with Gasteiger partial charge in [0.25, 0.3) is 0 Å². The number of aliphatic hydroxyl groups excluding tert-OH is 8. The van der Waals surface area contributed by atoms with Gasteiger partial charge in [0.1, 0.15) is 48.8 Å². The van der Waals surface area contributed by atoms with Crippen LogP contribution in [0.15, 0.2) is 24.3 Å². The highest BCUT2D eigenvalue weighted by Gasteiger charge is 2.51. The quantitative estimate of drug-likeness (QED) is 0.0225. The van der Waals surface area contributed by atoms with Gasteiger partial charge < -0.3 is 65.1 Å². The number of aliphatic hydroxyl groups is 8. The Kier molecular flexibility index (Phi) is 35.1. The second-order valence-electron chi connectivity index (χ2n) is 18.6. The molecule has 0 radical (unpaired) electrons. The van der Waals surface area contributed by atoms with Gasteiger partial charge in [-0.15, -0.1) is 0 Å². The normalized spacial score (nSPS) is 27.2. The molecule has 2 fully saturated rings. The first-order valence-corrected chi connectivity index (χ1v) is 26.1. The molecule has 2 aliphatic heterocycles. The standard InChI is InChI=1S/C51H95NO13/c1-3-5-7-9-11-13-15-17-18-19-20-21-23-25-27-29-31-33-35-43(56)52-39(40(55)34-32-30-28-26-24-22-16-14-12-10-8-6-4-2)38-62-50-48(61)46(59)49(42(37-54)64-50)65-51-47(60)45(58)44(57)41(36-53)63-51/h24,26,32,34,39-42,44-51,53-55,57-61H,3-23,25,27-31,33,35-38H2,1-2H3,(H,52,56)/b26-24+,34-32+. The molecule has 0 aromatic rings. The van der Waals surface area contributed by atoms with Crippen LogP contribution in [0.2, 0.25) is 0 Å². The van der Waals surface area contributed by atoms with Crippen molar-refractivity contribution < 1.29 is 64.6 Å². The molecule has 2 rings (SSSR count). The topological polar surface area (TPSA) is 228 Å². The predicted molar refractivity (Wildman–Crippen MR) is 254 cm³/mol. The molecule has 9 N–H and O–H groups in total. The molecule has 2 saturated heterocycles. The highest BCUT2D eigenvalue weighted by molar-refractivity contribution is 5.76. The van der Waals surface area contributed by atoms with Crippen LogP contribution in [-0.4, -0.2) is 140 Å². The van der Waals surface area contributed by atoms with Crippen LogP contribution in [0, 0.1) is 0 Å². The van der Waals surface area contributed by atoms with Crippen LogP contribution >= 0.6 is 0 Å². The fourth-order valence-corrected chi connectivity index (χ4v) is 8.60. The summed E-state index contributed by atoms with van der Waals surface area (Å²) in [5.74, 6) is -0.248. The fraction of sp³-hybridized carbons (Fsp3) is 0.902. The van der Waals surface area contributed by atoms with Crippen LogP contribution in [0.3, 0.4) is 0 Å². The highest BCUT2D eigenvalue weighted by Crippen LogP contribution is 2.30. The summed E-state index contributed by atoms with van der Waals surface area (Å²) < 4.78 is 22.7. The number of amides is 1. The van der Waals surface area contributed by atoms with E-state index >= 15 is 0 Å². The second-order valence-corrected chi connectivity index (χ2v) is 18.6. The molecule has 65 heavy (non-hydrogen) atoms. The average molecular weight is 930 g/mol. The summed E-state index contributed by atoms with van der Waals surface area (Å²) in [7, 11) is 0. The van der Waals surface area contributed by atoms with Crippen molar-refractivity contribution in [3.63, 3.8) is 0 Å².